The van der Waals surface area contributed by atoms with Crippen LogP contribution in [0.1, 0.15) is 179 Å². The first-order valence-corrected chi connectivity index (χ1v) is 33.3. The van der Waals surface area contributed by atoms with E-state index in [2.05, 4.69) is 116 Å². The highest BCUT2D eigenvalue weighted by Gasteiger charge is 2.54. The topological polar surface area (TPSA) is 55.4 Å². The van der Waals surface area contributed by atoms with Gasteiger partial charge in [0.05, 0.1) is 47.7 Å². The van der Waals surface area contributed by atoms with Crippen LogP contribution in [0.2, 0.25) is 19.6 Å². The van der Waals surface area contributed by atoms with Crippen LogP contribution < -0.4 is 14.2 Å². The Kier molecular flexibility index (Phi) is 16.7. The maximum absolute atomic E-state index is 5.84. The summed E-state index contributed by atoms with van der Waals surface area (Å²) in [4.78, 5) is 0. The van der Waals surface area contributed by atoms with Crippen molar-refractivity contribution in [3.63, 3.8) is 0 Å². The highest BCUT2D eigenvalue weighted by molar-refractivity contribution is 6.83. The van der Waals surface area contributed by atoms with Crippen LogP contribution in [0.25, 0.3) is 0 Å². The lowest BCUT2D eigenvalue weighted by atomic mass is 9.55. The van der Waals surface area contributed by atoms with Crippen molar-refractivity contribution in [2.45, 2.75) is 219 Å². The average molecular weight is 1050 g/mol. The molecule has 0 aromatic heterocycles. The van der Waals surface area contributed by atoms with Crippen molar-refractivity contribution in [1.82, 2.24) is 0 Å². The van der Waals surface area contributed by atoms with Crippen LogP contribution in [0.4, 0.5) is 0 Å². The quantitative estimate of drug-likeness (QED) is 0.126. The van der Waals surface area contributed by atoms with Crippen LogP contribution in [0.3, 0.4) is 0 Å². The predicted octanol–water partition coefficient (Wildman–Crippen LogP) is 17.1. The van der Waals surface area contributed by atoms with E-state index >= 15 is 0 Å². The van der Waals surface area contributed by atoms with Crippen LogP contribution in [-0.4, -0.2) is 69.0 Å². The molecular weight excluding hydrogens is 953 g/mol. The van der Waals surface area contributed by atoms with E-state index < -0.39 is 8.07 Å². The molecule has 0 spiro atoms. The Morgan fingerprint density at radius 1 is 0.487 bits per heavy atom. The summed E-state index contributed by atoms with van der Waals surface area (Å²) in [7, 11) is 9.57. The summed E-state index contributed by atoms with van der Waals surface area (Å²) in [6, 6.07) is 22.1. The Morgan fingerprint density at radius 3 is 1.38 bits per heavy atom. The fourth-order valence-electron chi connectivity index (χ4n) is 17.2. The van der Waals surface area contributed by atoms with Crippen molar-refractivity contribution in [3.8, 4) is 17.2 Å². The first-order chi connectivity index (χ1) is 36.3. The summed E-state index contributed by atoms with van der Waals surface area (Å²) >= 11 is 0. The molecule has 0 unspecified atom stereocenters. The number of methoxy groups -OCH3 is 6. The summed E-state index contributed by atoms with van der Waals surface area (Å²) in [5.41, 5.74) is 21.1. The van der Waals surface area contributed by atoms with Crippen molar-refractivity contribution in [2.24, 2.45) is 16.2 Å². The van der Waals surface area contributed by atoms with E-state index in [1.807, 2.05) is 27.4 Å². The summed E-state index contributed by atoms with van der Waals surface area (Å²) in [6.45, 7) is 22.1. The highest BCUT2D eigenvalue weighted by atomic mass is 28.3. The molecule has 0 saturated heterocycles. The van der Waals surface area contributed by atoms with Gasteiger partial charge in [-0.1, -0.05) is 119 Å². The van der Waals surface area contributed by atoms with E-state index in [9.17, 15) is 0 Å². The van der Waals surface area contributed by atoms with Gasteiger partial charge in [0.1, 0.15) is 17.2 Å². The second-order valence-electron chi connectivity index (χ2n) is 26.4. The largest absolute Gasteiger partial charge is 0.497 e. The van der Waals surface area contributed by atoms with E-state index in [0.29, 0.717) is 34.6 Å². The van der Waals surface area contributed by atoms with Gasteiger partial charge in [0.2, 0.25) is 0 Å². The standard InChI is InChI=1S/C25H38O2Si.2C22H30O2/c1-8-21-22(13-12-18-10-9-11-19(14-18)26-3)23-15-20(27-4)16-25(23,2)17-24(21)28(5,6)7;2*1-5-22-11-10-21(2)14-17(24-4)13-20(21)19(22)8-6-15-12-16(23-3)7-9-18(15)22/h9-11,14,20H,8,12-13,15-17H2,1-7H3;2*7,9,12,17H,5-6,8,10-11,13-14H2,1-4H3/t20-,25+;17-,21-,22+;17-,21-,22-/m111/s1. The zero-order chi connectivity index (χ0) is 54.4. The minimum absolute atomic E-state index is 0.261. The van der Waals surface area contributed by atoms with Crippen molar-refractivity contribution in [1.29, 1.82) is 0 Å². The SMILES string of the molecule is CCC1=C([Si](C)(C)C)C[C@]2(C)C[C@H](OC)CC2=C1CCc1cccc(OC)c1.CC[C@@]12CC[C@]3(C)C[C@H](OC)CC3=C1CCc1cc(OC)ccc12.CC[C@]12CC[C@]3(C)C[C@H](OC)CC3=C1CCc1cc(OC)ccc12. The summed E-state index contributed by atoms with van der Waals surface area (Å²) < 4.78 is 33.7. The smallest absolute Gasteiger partial charge is 0.119 e. The minimum atomic E-state index is -1.36. The Labute approximate surface area is 461 Å². The van der Waals surface area contributed by atoms with Crippen molar-refractivity contribution < 1.29 is 28.4 Å². The lowest BCUT2D eigenvalue weighted by Crippen LogP contribution is -2.40. The highest BCUT2D eigenvalue weighted by Crippen LogP contribution is 2.63. The van der Waals surface area contributed by atoms with Gasteiger partial charge in [-0.3, -0.25) is 0 Å². The average Bonchev–Trinajstić information content (AvgIpc) is 4.11. The van der Waals surface area contributed by atoms with E-state index in [1.165, 1.54) is 93.7 Å². The maximum atomic E-state index is 5.84. The Bertz CT molecular complexity index is 2630. The molecule has 3 aromatic rings. The molecule has 3 saturated carbocycles. The lowest BCUT2D eigenvalue weighted by Gasteiger charge is -2.49. The van der Waals surface area contributed by atoms with E-state index in [1.54, 1.807) is 76.7 Å². The molecule has 0 radical (unpaired) electrons. The number of aryl methyl sites for hydroxylation is 3. The molecule has 76 heavy (non-hydrogen) atoms. The van der Waals surface area contributed by atoms with Gasteiger partial charge in [-0.15, -0.1) is 0 Å². The zero-order valence-corrected chi connectivity index (χ0v) is 51.1. The van der Waals surface area contributed by atoms with Crippen molar-refractivity contribution in [2.75, 3.05) is 42.7 Å². The first-order valence-electron chi connectivity index (χ1n) is 29.8. The summed E-state index contributed by atoms with van der Waals surface area (Å²) in [6.07, 6.45) is 25.2. The second kappa shape index (κ2) is 22.3. The van der Waals surface area contributed by atoms with Gasteiger partial charge in [-0.25, -0.2) is 0 Å². The van der Waals surface area contributed by atoms with Crippen LogP contribution in [0, 0.1) is 16.2 Å². The molecule has 3 fully saturated rings. The van der Waals surface area contributed by atoms with Gasteiger partial charge >= 0.3 is 0 Å². The third kappa shape index (κ3) is 10.2. The van der Waals surface area contributed by atoms with E-state index in [-0.39, 0.29) is 10.8 Å². The Balaban J connectivity index is 0.000000140. The monoisotopic (exact) mass is 1050 g/mol. The molecule has 8 aliphatic carbocycles. The number of benzene rings is 3. The molecule has 8 aliphatic rings. The maximum Gasteiger partial charge on any atom is 0.119 e. The van der Waals surface area contributed by atoms with Gasteiger partial charge < -0.3 is 28.4 Å². The van der Waals surface area contributed by atoms with Gasteiger partial charge in [0, 0.05) is 32.2 Å². The van der Waals surface area contributed by atoms with Gasteiger partial charge in [-0.05, 0) is 220 Å². The lowest BCUT2D eigenvalue weighted by molar-refractivity contribution is 0.0943. The summed E-state index contributed by atoms with van der Waals surface area (Å²) in [5.74, 6) is 2.95. The number of allylic oxidation sites excluding steroid dienone is 5. The fraction of sp³-hybridized carbons (Fsp3) is 0.623. The normalized spacial score (nSPS) is 31.2. The molecule has 0 amide bonds. The zero-order valence-electron chi connectivity index (χ0n) is 50.1. The van der Waals surface area contributed by atoms with Crippen LogP contribution >= 0.6 is 0 Å². The van der Waals surface area contributed by atoms with Gasteiger partial charge in [-0.2, -0.15) is 0 Å². The first kappa shape index (κ1) is 56.8. The Morgan fingerprint density at radius 2 is 0.947 bits per heavy atom. The molecular formula is C69H98O6Si. The van der Waals surface area contributed by atoms with Crippen LogP contribution in [-0.2, 0) is 44.3 Å². The van der Waals surface area contributed by atoms with E-state index in [4.69, 9.17) is 28.4 Å². The molecule has 7 heteroatoms. The number of hydrogen-bond donors (Lipinski definition) is 0. The molecule has 8 atom stereocenters. The van der Waals surface area contributed by atoms with Gasteiger partial charge in [0.25, 0.3) is 0 Å². The molecule has 414 valence electrons. The molecule has 11 rings (SSSR count). The number of fused-ring (bicyclic) bond motifs is 9. The number of hydrogen-bond acceptors (Lipinski definition) is 6. The Hall–Kier alpha value is -3.88. The molecule has 0 bridgehead atoms. The molecule has 3 aromatic carbocycles. The molecule has 6 nitrogen and oxygen atoms in total. The van der Waals surface area contributed by atoms with Crippen molar-refractivity contribution in [3.05, 3.63) is 133 Å². The minimum Gasteiger partial charge on any atom is -0.497 e. The van der Waals surface area contributed by atoms with Gasteiger partial charge in [0.15, 0.2) is 0 Å². The third-order valence-electron chi connectivity index (χ3n) is 21.5. The van der Waals surface area contributed by atoms with Crippen LogP contribution in [0.5, 0.6) is 17.2 Å². The predicted molar refractivity (Wildman–Crippen MR) is 317 cm³/mol. The summed E-state index contributed by atoms with van der Waals surface area (Å²) in [5, 5.41) is 1.80. The number of ether oxygens (including phenoxy) is 6. The third-order valence-corrected chi connectivity index (χ3v) is 23.8. The number of rotatable bonds is 13. The molecule has 0 N–H and O–H groups in total. The van der Waals surface area contributed by atoms with Crippen LogP contribution in [0.15, 0.2) is 105 Å². The van der Waals surface area contributed by atoms with Crippen molar-refractivity contribution >= 4 is 8.07 Å². The second-order valence-corrected chi connectivity index (χ2v) is 31.5. The molecule has 0 heterocycles. The van der Waals surface area contributed by atoms with E-state index in [0.717, 1.165) is 68.6 Å². The molecule has 0 aliphatic heterocycles. The fourth-order valence-corrected chi connectivity index (χ4v) is 19.4.